The van der Waals surface area contributed by atoms with Crippen molar-refractivity contribution in [3.63, 3.8) is 0 Å². The molecule has 9 heteroatoms. The zero-order valence-corrected chi connectivity index (χ0v) is 13.7. The molecule has 9 nitrogen and oxygen atoms in total. The number of nitrogens with one attached hydrogen (secondary N) is 1. The normalized spacial score (nSPS) is 48.4. The first-order valence-electron chi connectivity index (χ1n) is 8.02. The quantitative estimate of drug-likeness (QED) is 0.305. The molecule has 0 unspecified atom stereocenters. The van der Waals surface area contributed by atoms with Crippen LogP contribution in [0.5, 0.6) is 0 Å². The second-order valence-corrected chi connectivity index (χ2v) is 6.28. The van der Waals surface area contributed by atoms with Crippen molar-refractivity contribution in [2.45, 2.75) is 67.8 Å². The summed E-state index contributed by atoms with van der Waals surface area (Å²) in [5.41, 5.74) is 17.7. The Morgan fingerprint density at radius 3 is 2.43 bits per heavy atom. The van der Waals surface area contributed by atoms with Gasteiger partial charge in [0.2, 0.25) is 0 Å². The molecule has 23 heavy (non-hydrogen) atoms. The van der Waals surface area contributed by atoms with E-state index in [1.54, 1.807) is 7.05 Å². The number of hydrogen-bond donors (Lipinski definition) is 6. The number of likely N-dealkylation sites (N-methyl/N-ethyl adjacent to an activating group) is 1. The Labute approximate surface area is 136 Å². The van der Waals surface area contributed by atoms with E-state index >= 15 is 0 Å². The Morgan fingerprint density at radius 1 is 1.17 bits per heavy atom. The van der Waals surface area contributed by atoms with Crippen molar-refractivity contribution < 1.29 is 24.4 Å². The lowest BCUT2D eigenvalue weighted by Crippen LogP contribution is -2.71. The second kappa shape index (κ2) is 8.15. The predicted molar refractivity (Wildman–Crippen MR) is 83.4 cm³/mol. The Bertz CT molecular complexity index is 377. The highest BCUT2D eigenvalue weighted by molar-refractivity contribution is 5.05. The molecule has 0 bridgehead atoms. The van der Waals surface area contributed by atoms with Crippen molar-refractivity contribution in [1.82, 2.24) is 5.32 Å². The van der Waals surface area contributed by atoms with Gasteiger partial charge in [-0.2, -0.15) is 0 Å². The van der Waals surface area contributed by atoms with Gasteiger partial charge in [-0.3, -0.25) is 0 Å². The fourth-order valence-corrected chi connectivity index (χ4v) is 3.38. The van der Waals surface area contributed by atoms with Gasteiger partial charge in [-0.15, -0.1) is 0 Å². The van der Waals surface area contributed by atoms with Crippen molar-refractivity contribution in [2.24, 2.45) is 17.2 Å². The van der Waals surface area contributed by atoms with Crippen LogP contribution in [0.3, 0.4) is 0 Å². The molecule has 0 aromatic carbocycles. The van der Waals surface area contributed by atoms with Gasteiger partial charge in [0.25, 0.3) is 0 Å². The summed E-state index contributed by atoms with van der Waals surface area (Å²) < 4.78 is 16.9. The van der Waals surface area contributed by atoms with Crippen molar-refractivity contribution in [3.8, 4) is 0 Å². The molecule has 1 heterocycles. The zero-order valence-electron chi connectivity index (χ0n) is 13.7. The minimum Gasteiger partial charge on any atom is -0.389 e. The molecule has 2 fully saturated rings. The van der Waals surface area contributed by atoms with Crippen LogP contribution in [0.2, 0.25) is 0 Å². The summed E-state index contributed by atoms with van der Waals surface area (Å²) in [6.45, 7) is 0.374. The van der Waals surface area contributed by atoms with Crippen LogP contribution in [-0.4, -0.2) is 85.9 Å². The predicted octanol–water partition coefficient (Wildman–Crippen LogP) is -3.17. The summed E-state index contributed by atoms with van der Waals surface area (Å²) in [7, 11) is 3.14. The van der Waals surface area contributed by atoms with Gasteiger partial charge in [0, 0.05) is 13.7 Å². The average molecular weight is 334 g/mol. The van der Waals surface area contributed by atoms with Crippen LogP contribution in [0.15, 0.2) is 0 Å². The van der Waals surface area contributed by atoms with E-state index in [9.17, 15) is 10.2 Å². The number of aliphatic hydroxyl groups excluding tert-OH is 2. The lowest BCUT2D eigenvalue weighted by atomic mass is 9.81. The van der Waals surface area contributed by atoms with E-state index in [0.29, 0.717) is 13.0 Å². The molecule has 1 aliphatic carbocycles. The summed E-state index contributed by atoms with van der Waals surface area (Å²) in [4.78, 5) is 0. The van der Waals surface area contributed by atoms with Gasteiger partial charge in [-0.05, 0) is 19.9 Å². The zero-order chi connectivity index (χ0) is 17.1. The molecule has 9 atom stereocenters. The van der Waals surface area contributed by atoms with E-state index in [0.717, 1.165) is 6.42 Å². The van der Waals surface area contributed by atoms with Crippen LogP contribution in [0.25, 0.3) is 0 Å². The monoisotopic (exact) mass is 334 g/mol. The Balaban J connectivity index is 2.10. The minimum absolute atomic E-state index is 0.131. The molecule has 1 aliphatic heterocycles. The van der Waals surface area contributed by atoms with Crippen LogP contribution in [-0.2, 0) is 14.2 Å². The fraction of sp³-hybridized carbons (Fsp3) is 1.00. The van der Waals surface area contributed by atoms with E-state index < -0.39 is 42.8 Å². The maximum atomic E-state index is 10.6. The topological polar surface area (TPSA) is 158 Å². The number of nitrogens with two attached hydrogens (primary N) is 3. The number of methoxy groups -OCH3 is 1. The molecule has 9 N–H and O–H groups in total. The molecule has 0 aromatic heterocycles. The van der Waals surface area contributed by atoms with E-state index in [1.165, 1.54) is 7.11 Å². The molecule has 0 amide bonds. The fourth-order valence-electron chi connectivity index (χ4n) is 3.38. The van der Waals surface area contributed by atoms with Crippen molar-refractivity contribution in [3.05, 3.63) is 0 Å². The summed E-state index contributed by atoms with van der Waals surface area (Å²) in [5, 5.41) is 23.9. The molecule has 136 valence electrons. The van der Waals surface area contributed by atoms with E-state index in [4.69, 9.17) is 31.4 Å². The molecule has 2 rings (SSSR count). The number of rotatable bonds is 5. The summed E-state index contributed by atoms with van der Waals surface area (Å²) in [5.74, 6) is 0. The lowest BCUT2D eigenvalue weighted by molar-refractivity contribution is -0.259. The Morgan fingerprint density at radius 2 is 1.87 bits per heavy atom. The third kappa shape index (κ3) is 3.84. The van der Waals surface area contributed by atoms with Gasteiger partial charge in [-0.1, -0.05) is 0 Å². The van der Waals surface area contributed by atoms with E-state index in [1.807, 2.05) is 0 Å². The van der Waals surface area contributed by atoms with Crippen molar-refractivity contribution in [2.75, 3.05) is 20.7 Å². The molecule has 1 saturated carbocycles. The van der Waals surface area contributed by atoms with Gasteiger partial charge < -0.3 is 46.9 Å². The first kappa shape index (κ1) is 19.0. The van der Waals surface area contributed by atoms with Gasteiger partial charge in [0.05, 0.1) is 36.4 Å². The summed E-state index contributed by atoms with van der Waals surface area (Å²) in [6, 6.07) is -1.68. The highest BCUT2D eigenvalue weighted by Gasteiger charge is 2.50. The molecule has 0 aromatic rings. The molecule has 0 radical (unpaired) electrons. The first-order valence-corrected chi connectivity index (χ1v) is 8.02. The van der Waals surface area contributed by atoms with E-state index in [2.05, 4.69) is 5.32 Å². The summed E-state index contributed by atoms with van der Waals surface area (Å²) >= 11 is 0. The minimum atomic E-state index is -0.990. The third-order valence-corrected chi connectivity index (χ3v) is 4.83. The molecule has 0 spiro atoms. The molecular formula is C14H30N4O5. The smallest absolute Gasteiger partial charge is 0.173 e. The van der Waals surface area contributed by atoms with Gasteiger partial charge in [0.1, 0.15) is 12.2 Å². The van der Waals surface area contributed by atoms with Crippen molar-refractivity contribution >= 4 is 0 Å². The Hall–Kier alpha value is -0.360. The molecular weight excluding hydrogens is 304 g/mol. The SMILES string of the molecule is CN[C@H]1[C@@H](O)[C@H](O[C@H]2O[C@H](CN)CC[C@H]2N)[C@@H](N)[C@H](O)[C@@H]1OC. The largest absolute Gasteiger partial charge is 0.389 e. The van der Waals surface area contributed by atoms with Gasteiger partial charge >= 0.3 is 0 Å². The highest BCUT2D eigenvalue weighted by Crippen LogP contribution is 2.28. The number of aliphatic hydroxyl groups is 2. The average Bonchev–Trinajstić information content (AvgIpc) is 2.56. The maximum Gasteiger partial charge on any atom is 0.173 e. The van der Waals surface area contributed by atoms with E-state index in [-0.39, 0.29) is 12.1 Å². The summed E-state index contributed by atoms with van der Waals surface area (Å²) in [6.07, 6.45) is -2.80. The Kier molecular flexibility index (Phi) is 6.72. The molecule has 1 saturated heterocycles. The first-order chi connectivity index (χ1) is 10.9. The van der Waals surface area contributed by atoms with Crippen molar-refractivity contribution in [1.29, 1.82) is 0 Å². The van der Waals surface area contributed by atoms with Gasteiger partial charge in [0.15, 0.2) is 6.29 Å². The number of ether oxygens (including phenoxy) is 3. The van der Waals surface area contributed by atoms with Crippen LogP contribution in [0.1, 0.15) is 12.8 Å². The van der Waals surface area contributed by atoms with Gasteiger partial charge in [-0.25, -0.2) is 0 Å². The second-order valence-electron chi connectivity index (χ2n) is 6.28. The van der Waals surface area contributed by atoms with Crippen LogP contribution in [0.4, 0.5) is 0 Å². The maximum absolute atomic E-state index is 10.6. The number of hydrogen-bond acceptors (Lipinski definition) is 9. The lowest BCUT2D eigenvalue weighted by Gasteiger charge is -2.47. The van der Waals surface area contributed by atoms with Crippen LogP contribution in [0, 0.1) is 0 Å². The van der Waals surface area contributed by atoms with Crippen LogP contribution >= 0.6 is 0 Å². The molecule has 2 aliphatic rings. The standard InChI is InChI=1S/C14H30N4O5/c1-18-9-11(20)12(8(17)10(19)13(9)21-2)23-14-7(16)4-3-6(5-15)22-14/h6-14,18-20H,3-5,15-17H2,1-2H3/t6-,7+,8-,9-,10-,11+,12+,13+,14+/m0/s1. The third-order valence-electron chi connectivity index (χ3n) is 4.83. The highest BCUT2D eigenvalue weighted by atomic mass is 16.7. The van der Waals surface area contributed by atoms with Crippen LogP contribution < -0.4 is 22.5 Å².